The lowest BCUT2D eigenvalue weighted by Crippen LogP contribution is -2.15. The molecule has 0 aliphatic heterocycles. The van der Waals surface area contributed by atoms with Gasteiger partial charge < -0.3 is 10.6 Å². The van der Waals surface area contributed by atoms with E-state index in [4.69, 9.17) is 23.2 Å². The average molecular weight is 374 g/mol. The normalized spacial score (nSPS) is 10.3. The Morgan fingerprint density at radius 2 is 1.80 bits per heavy atom. The highest BCUT2D eigenvalue weighted by atomic mass is 35.5. The van der Waals surface area contributed by atoms with Crippen molar-refractivity contribution in [2.24, 2.45) is 0 Å². The molecule has 1 amide bonds. The zero-order chi connectivity index (χ0) is 17.6. The fraction of sp³-hybridized carbons (Fsp3) is 0.0588. The van der Waals surface area contributed by atoms with Gasteiger partial charge in [0, 0.05) is 18.9 Å². The van der Waals surface area contributed by atoms with Crippen molar-refractivity contribution < 1.29 is 4.79 Å². The van der Waals surface area contributed by atoms with Crippen molar-refractivity contribution >= 4 is 40.6 Å². The summed E-state index contributed by atoms with van der Waals surface area (Å²) in [5.41, 5.74) is 1.51. The number of carbonyl (C=O) groups is 1. The second-order valence-electron chi connectivity index (χ2n) is 5.05. The van der Waals surface area contributed by atoms with Crippen molar-refractivity contribution in [3.05, 3.63) is 76.4 Å². The number of hydrogen-bond acceptors (Lipinski definition) is 5. The standard InChI is InChI=1S/C17H13Cl2N5O/c18-12-4-1-5-13(19)16(12)24-17(25)14-9-23-15(10-21-14)22-8-11-3-2-6-20-7-11/h1-7,9-10H,8H2,(H,22,23)(H,24,25). The monoisotopic (exact) mass is 373 g/mol. The van der Waals surface area contributed by atoms with E-state index in [1.165, 1.54) is 12.4 Å². The molecule has 0 saturated heterocycles. The molecule has 0 spiro atoms. The van der Waals surface area contributed by atoms with Crippen LogP contribution in [0.25, 0.3) is 0 Å². The van der Waals surface area contributed by atoms with E-state index in [2.05, 4.69) is 25.6 Å². The number of nitrogens with one attached hydrogen (secondary N) is 2. The van der Waals surface area contributed by atoms with Crippen LogP contribution in [0, 0.1) is 0 Å². The van der Waals surface area contributed by atoms with E-state index in [1.807, 2.05) is 12.1 Å². The Morgan fingerprint density at radius 1 is 1.00 bits per heavy atom. The lowest BCUT2D eigenvalue weighted by atomic mass is 10.3. The number of hydrogen-bond donors (Lipinski definition) is 2. The van der Waals surface area contributed by atoms with Crippen molar-refractivity contribution in [3.63, 3.8) is 0 Å². The van der Waals surface area contributed by atoms with Gasteiger partial charge in [-0.15, -0.1) is 0 Å². The molecule has 2 heterocycles. The minimum Gasteiger partial charge on any atom is -0.365 e. The number of halogens is 2. The molecule has 25 heavy (non-hydrogen) atoms. The van der Waals surface area contributed by atoms with Crippen LogP contribution in [0.5, 0.6) is 0 Å². The van der Waals surface area contributed by atoms with Crippen molar-refractivity contribution in [3.8, 4) is 0 Å². The number of carbonyl (C=O) groups excluding carboxylic acids is 1. The number of nitrogens with zero attached hydrogens (tertiary/aromatic N) is 3. The summed E-state index contributed by atoms with van der Waals surface area (Å²) in [5, 5.41) is 6.45. The molecule has 0 bridgehead atoms. The molecule has 0 radical (unpaired) electrons. The largest absolute Gasteiger partial charge is 0.365 e. The van der Waals surface area contributed by atoms with Crippen molar-refractivity contribution in [2.75, 3.05) is 10.6 Å². The Labute approximate surface area is 154 Å². The maximum absolute atomic E-state index is 12.2. The maximum atomic E-state index is 12.2. The molecule has 0 unspecified atom stereocenters. The number of anilines is 2. The summed E-state index contributed by atoms with van der Waals surface area (Å²) in [4.78, 5) is 24.6. The summed E-state index contributed by atoms with van der Waals surface area (Å²) in [6, 6.07) is 8.78. The lowest BCUT2D eigenvalue weighted by Gasteiger charge is -2.09. The Bertz CT molecular complexity index is 852. The van der Waals surface area contributed by atoms with E-state index in [1.54, 1.807) is 30.6 Å². The van der Waals surface area contributed by atoms with Gasteiger partial charge >= 0.3 is 0 Å². The molecule has 0 saturated carbocycles. The highest BCUT2D eigenvalue weighted by Crippen LogP contribution is 2.30. The van der Waals surface area contributed by atoms with E-state index in [9.17, 15) is 4.79 Å². The van der Waals surface area contributed by atoms with Gasteiger partial charge in [-0.3, -0.25) is 9.78 Å². The first-order valence-electron chi connectivity index (χ1n) is 7.33. The van der Waals surface area contributed by atoms with E-state index >= 15 is 0 Å². The van der Waals surface area contributed by atoms with E-state index in [-0.39, 0.29) is 5.69 Å². The molecular weight excluding hydrogens is 361 g/mol. The third kappa shape index (κ3) is 4.43. The molecule has 1 aromatic carbocycles. The van der Waals surface area contributed by atoms with Gasteiger partial charge in [0.25, 0.3) is 5.91 Å². The van der Waals surface area contributed by atoms with Crippen LogP contribution in [0.3, 0.4) is 0 Å². The van der Waals surface area contributed by atoms with E-state index < -0.39 is 5.91 Å². The molecule has 2 N–H and O–H groups in total. The van der Waals surface area contributed by atoms with Crippen molar-refractivity contribution in [1.29, 1.82) is 0 Å². The number of amides is 1. The van der Waals surface area contributed by atoms with Crippen LogP contribution in [-0.4, -0.2) is 20.9 Å². The molecule has 0 atom stereocenters. The Hall–Kier alpha value is -2.70. The molecule has 3 aromatic rings. The summed E-state index contributed by atoms with van der Waals surface area (Å²) in [5.74, 6) is 0.109. The quantitative estimate of drug-likeness (QED) is 0.705. The summed E-state index contributed by atoms with van der Waals surface area (Å²) in [6.45, 7) is 0.559. The summed E-state index contributed by atoms with van der Waals surface area (Å²) in [6.07, 6.45) is 6.34. The molecule has 2 aromatic heterocycles. The van der Waals surface area contributed by atoms with Crippen molar-refractivity contribution in [1.82, 2.24) is 15.0 Å². The van der Waals surface area contributed by atoms with Crippen LogP contribution >= 0.6 is 23.2 Å². The predicted molar refractivity (Wildman–Crippen MR) is 98.0 cm³/mol. The number of para-hydroxylation sites is 1. The Balaban J connectivity index is 1.64. The molecule has 6 nitrogen and oxygen atoms in total. The zero-order valence-corrected chi connectivity index (χ0v) is 14.4. The SMILES string of the molecule is O=C(Nc1c(Cl)cccc1Cl)c1cnc(NCc2cccnc2)cn1. The van der Waals surface area contributed by atoms with Gasteiger partial charge in [-0.05, 0) is 23.8 Å². The van der Waals surface area contributed by atoms with Crippen LogP contribution in [0.4, 0.5) is 11.5 Å². The van der Waals surface area contributed by atoms with Gasteiger partial charge in [0.15, 0.2) is 0 Å². The van der Waals surface area contributed by atoms with Gasteiger partial charge in [-0.2, -0.15) is 0 Å². The second-order valence-corrected chi connectivity index (χ2v) is 5.87. The van der Waals surface area contributed by atoms with Crippen LogP contribution in [0.15, 0.2) is 55.1 Å². The number of pyridine rings is 1. The first kappa shape index (κ1) is 17.1. The average Bonchev–Trinajstić information content (AvgIpc) is 2.64. The van der Waals surface area contributed by atoms with Crippen LogP contribution in [-0.2, 0) is 6.54 Å². The summed E-state index contributed by atoms with van der Waals surface area (Å²) >= 11 is 12.1. The molecule has 8 heteroatoms. The van der Waals surface area contributed by atoms with Crippen LogP contribution in [0.2, 0.25) is 10.0 Å². The minimum atomic E-state index is -0.443. The van der Waals surface area contributed by atoms with Gasteiger partial charge in [-0.25, -0.2) is 9.97 Å². The Kier molecular flexibility index (Phi) is 5.42. The third-order valence-electron chi connectivity index (χ3n) is 3.28. The zero-order valence-electron chi connectivity index (χ0n) is 12.9. The van der Waals surface area contributed by atoms with Gasteiger partial charge in [0.05, 0.1) is 28.1 Å². The minimum absolute atomic E-state index is 0.155. The molecular formula is C17H13Cl2N5O. The predicted octanol–water partition coefficient (Wildman–Crippen LogP) is 4.04. The molecule has 0 aliphatic carbocycles. The second kappa shape index (κ2) is 7.92. The smallest absolute Gasteiger partial charge is 0.275 e. The fourth-order valence-electron chi connectivity index (χ4n) is 2.03. The number of aromatic nitrogens is 3. The molecule has 3 rings (SSSR count). The van der Waals surface area contributed by atoms with Crippen LogP contribution < -0.4 is 10.6 Å². The third-order valence-corrected chi connectivity index (χ3v) is 3.91. The first-order valence-corrected chi connectivity index (χ1v) is 8.09. The lowest BCUT2D eigenvalue weighted by molar-refractivity contribution is 0.102. The summed E-state index contributed by atoms with van der Waals surface area (Å²) in [7, 11) is 0. The highest BCUT2D eigenvalue weighted by molar-refractivity contribution is 6.39. The van der Waals surface area contributed by atoms with Crippen molar-refractivity contribution in [2.45, 2.75) is 6.54 Å². The van der Waals surface area contributed by atoms with Gasteiger partial charge in [0.1, 0.15) is 11.5 Å². The highest BCUT2D eigenvalue weighted by Gasteiger charge is 2.13. The first-order chi connectivity index (χ1) is 12.1. The van der Waals surface area contributed by atoms with E-state index in [0.29, 0.717) is 28.1 Å². The molecule has 0 fully saturated rings. The van der Waals surface area contributed by atoms with Crippen LogP contribution in [0.1, 0.15) is 16.1 Å². The molecule has 0 aliphatic rings. The fourth-order valence-corrected chi connectivity index (χ4v) is 2.52. The number of rotatable bonds is 5. The van der Waals surface area contributed by atoms with E-state index in [0.717, 1.165) is 5.56 Å². The number of benzene rings is 1. The summed E-state index contributed by atoms with van der Waals surface area (Å²) < 4.78 is 0. The maximum Gasteiger partial charge on any atom is 0.275 e. The Morgan fingerprint density at radius 3 is 2.44 bits per heavy atom. The van der Waals surface area contributed by atoms with Gasteiger partial charge in [0.2, 0.25) is 0 Å². The topological polar surface area (TPSA) is 79.8 Å². The van der Waals surface area contributed by atoms with Gasteiger partial charge in [-0.1, -0.05) is 35.3 Å². The molecule has 126 valence electrons.